The molecular weight excluding hydrogens is 290 g/mol. The van der Waals surface area contributed by atoms with E-state index in [0.29, 0.717) is 0 Å². The van der Waals surface area contributed by atoms with Gasteiger partial charge in [-0.05, 0) is 11.9 Å². The van der Waals surface area contributed by atoms with E-state index < -0.39 is 29.9 Å². The Bertz CT molecular complexity index is 624. The number of aliphatic imine (C=N–C) groups is 1. The molecule has 9 nitrogen and oxygen atoms in total. The number of carbonyl (C=O) groups excluding carboxylic acids is 4. The van der Waals surface area contributed by atoms with E-state index in [1.54, 1.807) is 13.8 Å². The van der Waals surface area contributed by atoms with E-state index in [1.807, 2.05) is 0 Å². The van der Waals surface area contributed by atoms with Gasteiger partial charge in [0.2, 0.25) is 0 Å². The van der Waals surface area contributed by atoms with Crippen LogP contribution in [0.4, 0.5) is 4.79 Å². The maximum absolute atomic E-state index is 12.6. The van der Waals surface area contributed by atoms with Crippen molar-refractivity contribution in [3.8, 4) is 0 Å². The van der Waals surface area contributed by atoms with Gasteiger partial charge in [-0.15, -0.1) is 0 Å². The minimum Gasteiger partial charge on any atom is -0.366 e. The van der Waals surface area contributed by atoms with Gasteiger partial charge >= 0.3 is 6.03 Å². The highest BCUT2D eigenvalue weighted by Gasteiger charge is 2.53. The minimum atomic E-state index is -0.921. The van der Waals surface area contributed by atoms with Gasteiger partial charge in [0, 0.05) is 13.5 Å². The van der Waals surface area contributed by atoms with Crippen LogP contribution in [0, 0.1) is 0 Å². The molecule has 1 fully saturated rings. The number of amidine groups is 1. The van der Waals surface area contributed by atoms with Gasteiger partial charge in [0.1, 0.15) is 0 Å². The number of hydrogen-bond acceptors (Lipinski definition) is 5. The first kappa shape index (κ1) is 15.8. The molecule has 118 valence electrons. The lowest BCUT2D eigenvalue weighted by Gasteiger charge is -2.33. The monoisotopic (exact) mass is 308 g/mol. The Hall–Kier alpha value is -2.58. The first-order chi connectivity index (χ1) is 10.3. The van der Waals surface area contributed by atoms with Gasteiger partial charge in [-0.3, -0.25) is 24.2 Å². The van der Waals surface area contributed by atoms with Gasteiger partial charge in [-0.25, -0.2) is 9.37 Å². The normalized spacial score (nSPS) is 22.2. The van der Waals surface area contributed by atoms with Crippen molar-refractivity contribution >= 4 is 35.8 Å². The first-order valence-electron chi connectivity index (χ1n) is 6.88. The molecule has 2 heterocycles. The lowest BCUT2D eigenvalue weighted by Crippen LogP contribution is -2.64. The number of amides is 4. The zero-order valence-electron chi connectivity index (χ0n) is 12.6. The number of fused-ring (bicyclic) bond motifs is 1. The molecule has 0 aromatic heterocycles. The maximum Gasteiger partial charge on any atom is 0.334 e. The van der Waals surface area contributed by atoms with Crippen LogP contribution >= 0.6 is 0 Å². The van der Waals surface area contributed by atoms with E-state index in [4.69, 9.17) is 5.73 Å². The SMILES string of the molecule is CCC(=O)CN1C(=O)C2C(=NC=[N+]2[C@@H](C)C(N)=O)N(C)C1=O. The molecular formula is C13H18N5O4+. The zero-order chi connectivity index (χ0) is 16.6. The van der Waals surface area contributed by atoms with Crippen molar-refractivity contribution in [3.05, 3.63) is 0 Å². The van der Waals surface area contributed by atoms with Gasteiger partial charge in [0.15, 0.2) is 11.8 Å². The number of primary amides is 1. The highest BCUT2D eigenvalue weighted by Crippen LogP contribution is 2.19. The van der Waals surface area contributed by atoms with Crippen LogP contribution in [-0.4, -0.2) is 75.9 Å². The van der Waals surface area contributed by atoms with Crippen LogP contribution in [0.5, 0.6) is 0 Å². The number of nitrogens with zero attached hydrogens (tertiary/aromatic N) is 4. The Balaban J connectivity index is 2.34. The molecule has 2 aliphatic heterocycles. The lowest BCUT2D eigenvalue weighted by atomic mass is 10.1. The highest BCUT2D eigenvalue weighted by molar-refractivity contribution is 6.22. The predicted octanol–water partition coefficient (Wildman–Crippen LogP) is -1.45. The molecule has 0 radical (unpaired) electrons. The van der Waals surface area contributed by atoms with Crippen LogP contribution < -0.4 is 5.73 Å². The quantitative estimate of drug-likeness (QED) is 0.626. The van der Waals surface area contributed by atoms with Crippen LogP contribution in [0.3, 0.4) is 0 Å². The van der Waals surface area contributed by atoms with E-state index in [9.17, 15) is 19.2 Å². The van der Waals surface area contributed by atoms with Crippen molar-refractivity contribution < 1.29 is 23.8 Å². The van der Waals surface area contributed by atoms with Crippen LogP contribution in [0.15, 0.2) is 4.99 Å². The van der Waals surface area contributed by atoms with E-state index in [0.717, 1.165) is 4.90 Å². The molecule has 9 heteroatoms. The Labute approximate surface area is 127 Å². The minimum absolute atomic E-state index is 0.222. The fourth-order valence-electron chi connectivity index (χ4n) is 2.33. The van der Waals surface area contributed by atoms with E-state index in [1.165, 1.54) is 22.9 Å². The second kappa shape index (κ2) is 5.66. The van der Waals surface area contributed by atoms with Crippen LogP contribution in [-0.2, 0) is 14.4 Å². The molecule has 2 rings (SSSR count). The molecule has 1 saturated heterocycles. The molecule has 0 aliphatic carbocycles. The van der Waals surface area contributed by atoms with Crippen LogP contribution in [0.25, 0.3) is 0 Å². The standard InChI is InChI=1S/C13H17N5O4/c1-4-8(19)5-17-12(21)9-11(16(3)13(17)22)15-6-18(9)7(2)10(14)20/h6-7,9H,4-5H2,1-3H3,(H-,14,20)/p+1/t7-,9?/m0/s1. The number of urea groups is 1. The zero-order valence-corrected chi connectivity index (χ0v) is 12.6. The summed E-state index contributed by atoms with van der Waals surface area (Å²) in [5.41, 5.74) is 5.27. The van der Waals surface area contributed by atoms with Crippen molar-refractivity contribution in [3.63, 3.8) is 0 Å². The second-order valence-corrected chi connectivity index (χ2v) is 5.19. The van der Waals surface area contributed by atoms with Gasteiger partial charge in [-0.1, -0.05) is 6.92 Å². The molecule has 22 heavy (non-hydrogen) atoms. The topological polar surface area (TPSA) is 116 Å². The molecule has 2 atom stereocenters. The number of imide groups is 1. The third kappa shape index (κ3) is 2.38. The summed E-state index contributed by atoms with van der Waals surface area (Å²) in [5, 5.41) is 0. The summed E-state index contributed by atoms with van der Waals surface area (Å²) in [6.07, 6.45) is 1.54. The number of carbonyl (C=O) groups is 4. The number of likely N-dealkylation sites (N-methyl/N-ethyl adjacent to an activating group) is 1. The Morgan fingerprint density at radius 2 is 2.09 bits per heavy atom. The second-order valence-electron chi connectivity index (χ2n) is 5.19. The number of hydrogen-bond donors (Lipinski definition) is 1. The number of ketones is 1. The smallest absolute Gasteiger partial charge is 0.334 e. The average molecular weight is 308 g/mol. The van der Waals surface area contributed by atoms with E-state index in [2.05, 4.69) is 4.99 Å². The molecule has 1 unspecified atom stereocenters. The van der Waals surface area contributed by atoms with Crippen molar-refractivity contribution in [2.24, 2.45) is 10.7 Å². The molecule has 0 aromatic rings. The average Bonchev–Trinajstić information content (AvgIpc) is 2.93. The fourth-order valence-corrected chi connectivity index (χ4v) is 2.33. The van der Waals surface area contributed by atoms with Crippen molar-refractivity contribution in [1.82, 2.24) is 9.80 Å². The van der Waals surface area contributed by atoms with Crippen LogP contribution in [0.2, 0.25) is 0 Å². The maximum atomic E-state index is 12.6. The molecule has 0 spiro atoms. The molecule has 0 saturated carbocycles. The summed E-state index contributed by atoms with van der Waals surface area (Å²) < 4.78 is 1.40. The molecule has 0 aromatic carbocycles. The van der Waals surface area contributed by atoms with Gasteiger partial charge in [-0.2, -0.15) is 0 Å². The third-order valence-electron chi connectivity index (χ3n) is 3.82. The summed E-state index contributed by atoms with van der Waals surface area (Å²) in [4.78, 5) is 53.9. The molecule has 2 N–H and O–H groups in total. The van der Waals surface area contributed by atoms with Gasteiger partial charge < -0.3 is 5.73 Å². The number of Topliss-reactive ketones (excluding diaryl/α,β-unsaturated/α-hetero) is 1. The Morgan fingerprint density at radius 3 is 2.64 bits per heavy atom. The third-order valence-corrected chi connectivity index (χ3v) is 3.82. The van der Waals surface area contributed by atoms with Gasteiger partial charge in [0.25, 0.3) is 30.0 Å². The van der Waals surface area contributed by atoms with Gasteiger partial charge in [0.05, 0.1) is 6.54 Å². The summed E-state index contributed by atoms with van der Waals surface area (Å²) in [7, 11) is 1.47. The summed E-state index contributed by atoms with van der Waals surface area (Å²) in [5.74, 6) is -1.20. The highest BCUT2D eigenvalue weighted by atomic mass is 16.2. The molecule has 2 aliphatic rings. The summed E-state index contributed by atoms with van der Waals surface area (Å²) >= 11 is 0. The van der Waals surface area contributed by atoms with E-state index >= 15 is 0 Å². The number of nitrogens with two attached hydrogens (primary N) is 1. The Kier molecular flexibility index (Phi) is 4.07. The van der Waals surface area contributed by atoms with Crippen molar-refractivity contribution in [1.29, 1.82) is 0 Å². The first-order valence-corrected chi connectivity index (χ1v) is 6.88. The fraction of sp³-hybridized carbons (Fsp3) is 0.538. The predicted molar refractivity (Wildman–Crippen MR) is 76.4 cm³/mol. The van der Waals surface area contributed by atoms with Crippen molar-refractivity contribution in [2.45, 2.75) is 32.4 Å². The van der Waals surface area contributed by atoms with Crippen molar-refractivity contribution in [2.75, 3.05) is 13.6 Å². The summed E-state index contributed by atoms with van der Waals surface area (Å²) in [6.45, 7) is 2.91. The lowest BCUT2D eigenvalue weighted by molar-refractivity contribution is -0.551. The molecule has 0 bridgehead atoms. The largest absolute Gasteiger partial charge is 0.366 e. The van der Waals surface area contributed by atoms with E-state index in [-0.39, 0.29) is 24.6 Å². The molecule has 4 amide bonds. The van der Waals surface area contributed by atoms with Crippen LogP contribution in [0.1, 0.15) is 20.3 Å². The Morgan fingerprint density at radius 1 is 1.45 bits per heavy atom. The number of rotatable bonds is 5. The summed E-state index contributed by atoms with van der Waals surface area (Å²) in [6, 6.07) is -2.29.